The molecule has 0 spiro atoms. The molecule has 0 saturated heterocycles. The first kappa shape index (κ1) is 12.6. The number of amides is 1. The standard InChI is InChI=1S/C10H9F3N6O/c11-10(12,13)8-16-15-7-5-17(3-4-19(7)8)9(20)18-2-1-14-6-18/h1-2,6H,3-5H2. The van der Waals surface area contributed by atoms with Crippen LogP contribution in [0.5, 0.6) is 0 Å². The molecule has 0 fully saturated rings. The number of hydrogen-bond acceptors (Lipinski definition) is 4. The Hall–Kier alpha value is -2.39. The first-order valence-electron chi connectivity index (χ1n) is 5.73. The third kappa shape index (κ3) is 2.02. The third-order valence-electron chi connectivity index (χ3n) is 3.00. The van der Waals surface area contributed by atoms with Crippen molar-refractivity contribution < 1.29 is 18.0 Å². The number of hydrogen-bond donors (Lipinski definition) is 0. The number of fused-ring (bicyclic) bond motifs is 1. The van der Waals surface area contributed by atoms with E-state index < -0.39 is 12.0 Å². The van der Waals surface area contributed by atoms with Crippen molar-refractivity contribution in [2.24, 2.45) is 0 Å². The summed E-state index contributed by atoms with van der Waals surface area (Å²) in [7, 11) is 0. The molecule has 20 heavy (non-hydrogen) atoms. The lowest BCUT2D eigenvalue weighted by Crippen LogP contribution is -2.41. The largest absolute Gasteiger partial charge is 0.451 e. The first-order chi connectivity index (χ1) is 9.47. The van der Waals surface area contributed by atoms with Crippen molar-refractivity contribution in [3.63, 3.8) is 0 Å². The number of halogens is 3. The van der Waals surface area contributed by atoms with Crippen LogP contribution in [-0.4, -0.2) is 41.8 Å². The molecule has 1 amide bonds. The summed E-state index contributed by atoms with van der Waals surface area (Å²) in [6.07, 6.45) is -0.278. The third-order valence-corrected chi connectivity index (χ3v) is 3.00. The van der Waals surface area contributed by atoms with Crippen LogP contribution in [0, 0.1) is 0 Å². The highest BCUT2D eigenvalue weighted by Crippen LogP contribution is 2.29. The first-order valence-corrected chi connectivity index (χ1v) is 5.73. The Balaban J connectivity index is 1.83. The summed E-state index contributed by atoms with van der Waals surface area (Å²) in [6.45, 7) is 0.156. The molecule has 7 nitrogen and oxygen atoms in total. The molecule has 0 radical (unpaired) electrons. The highest BCUT2D eigenvalue weighted by Gasteiger charge is 2.39. The molecule has 2 aromatic rings. The zero-order chi connectivity index (χ0) is 14.3. The minimum absolute atomic E-state index is 0.0115. The Morgan fingerprint density at radius 3 is 2.70 bits per heavy atom. The van der Waals surface area contributed by atoms with E-state index in [1.54, 1.807) is 0 Å². The van der Waals surface area contributed by atoms with E-state index in [-0.39, 0.29) is 31.5 Å². The molecule has 0 aliphatic carbocycles. The van der Waals surface area contributed by atoms with Gasteiger partial charge in [-0.05, 0) is 0 Å². The lowest BCUT2D eigenvalue weighted by atomic mass is 10.3. The Bertz CT molecular complexity index is 632. The number of carbonyl (C=O) groups is 1. The number of imidazole rings is 1. The summed E-state index contributed by atoms with van der Waals surface area (Å²) in [5.74, 6) is -0.903. The Morgan fingerprint density at radius 2 is 2.05 bits per heavy atom. The number of carbonyl (C=O) groups excluding carboxylic acids is 1. The summed E-state index contributed by atoms with van der Waals surface area (Å²) >= 11 is 0. The van der Waals surface area contributed by atoms with Crippen LogP contribution in [-0.2, 0) is 19.3 Å². The minimum Gasteiger partial charge on any atom is -0.315 e. The highest BCUT2D eigenvalue weighted by atomic mass is 19.4. The van der Waals surface area contributed by atoms with Gasteiger partial charge < -0.3 is 9.47 Å². The van der Waals surface area contributed by atoms with E-state index >= 15 is 0 Å². The average molecular weight is 286 g/mol. The number of aromatic nitrogens is 5. The van der Waals surface area contributed by atoms with Crippen LogP contribution in [0.1, 0.15) is 11.6 Å². The minimum atomic E-state index is -4.54. The SMILES string of the molecule is O=C(N1CCn2c(nnc2C(F)(F)F)C1)n1ccnc1. The molecule has 3 rings (SSSR count). The maximum Gasteiger partial charge on any atom is 0.451 e. The van der Waals surface area contributed by atoms with Gasteiger partial charge in [-0.25, -0.2) is 9.78 Å². The molecule has 106 valence electrons. The van der Waals surface area contributed by atoms with Crippen molar-refractivity contribution >= 4 is 6.03 Å². The van der Waals surface area contributed by atoms with Crippen molar-refractivity contribution in [1.82, 2.24) is 29.2 Å². The maximum atomic E-state index is 12.7. The van der Waals surface area contributed by atoms with Crippen molar-refractivity contribution in [3.8, 4) is 0 Å². The van der Waals surface area contributed by atoms with Gasteiger partial charge in [-0.3, -0.25) is 4.57 Å². The summed E-state index contributed by atoms with van der Waals surface area (Å²) < 4.78 is 40.3. The molecule has 10 heteroatoms. The fraction of sp³-hybridized carbons (Fsp3) is 0.400. The molecule has 0 atom stereocenters. The Morgan fingerprint density at radius 1 is 1.25 bits per heavy atom. The topological polar surface area (TPSA) is 68.8 Å². The van der Waals surface area contributed by atoms with Gasteiger partial charge in [0.15, 0.2) is 5.82 Å². The fourth-order valence-corrected chi connectivity index (χ4v) is 2.07. The summed E-state index contributed by atoms with van der Waals surface area (Å²) in [4.78, 5) is 17.2. The van der Waals surface area contributed by atoms with Crippen LogP contribution in [0.3, 0.4) is 0 Å². The van der Waals surface area contributed by atoms with Gasteiger partial charge in [-0.2, -0.15) is 13.2 Å². The van der Waals surface area contributed by atoms with E-state index in [2.05, 4.69) is 15.2 Å². The van der Waals surface area contributed by atoms with Gasteiger partial charge >= 0.3 is 12.2 Å². The van der Waals surface area contributed by atoms with Crippen LogP contribution in [0.2, 0.25) is 0 Å². The molecular weight excluding hydrogens is 277 g/mol. The molecule has 0 bridgehead atoms. The maximum absolute atomic E-state index is 12.7. The molecule has 0 saturated carbocycles. The van der Waals surface area contributed by atoms with Crippen LogP contribution in [0.4, 0.5) is 18.0 Å². The quantitative estimate of drug-likeness (QED) is 0.724. The molecule has 2 aromatic heterocycles. The van der Waals surface area contributed by atoms with Crippen LogP contribution >= 0.6 is 0 Å². The van der Waals surface area contributed by atoms with Gasteiger partial charge in [0.05, 0.1) is 6.54 Å². The second-order valence-electron chi connectivity index (χ2n) is 4.26. The van der Waals surface area contributed by atoms with Gasteiger partial charge in [0.25, 0.3) is 0 Å². The lowest BCUT2D eigenvalue weighted by molar-refractivity contribution is -0.147. The summed E-state index contributed by atoms with van der Waals surface area (Å²) in [5, 5.41) is 6.67. The monoisotopic (exact) mass is 286 g/mol. The molecule has 0 N–H and O–H groups in total. The van der Waals surface area contributed by atoms with Crippen molar-refractivity contribution in [1.29, 1.82) is 0 Å². The highest BCUT2D eigenvalue weighted by molar-refractivity contribution is 5.76. The van der Waals surface area contributed by atoms with Crippen molar-refractivity contribution in [3.05, 3.63) is 30.4 Å². The zero-order valence-electron chi connectivity index (χ0n) is 10.1. The van der Waals surface area contributed by atoms with E-state index in [0.29, 0.717) is 0 Å². The molecule has 3 heterocycles. The fourth-order valence-electron chi connectivity index (χ4n) is 2.07. The Labute approximate surface area is 110 Å². The van der Waals surface area contributed by atoms with Gasteiger partial charge in [-0.15, -0.1) is 10.2 Å². The zero-order valence-corrected chi connectivity index (χ0v) is 10.1. The van der Waals surface area contributed by atoms with Crippen LogP contribution < -0.4 is 0 Å². The van der Waals surface area contributed by atoms with Gasteiger partial charge in [-0.1, -0.05) is 0 Å². The second-order valence-corrected chi connectivity index (χ2v) is 4.26. The average Bonchev–Trinajstić information content (AvgIpc) is 3.05. The molecular formula is C10H9F3N6O. The van der Waals surface area contributed by atoms with Gasteiger partial charge in [0.1, 0.15) is 6.33 Å². The molecule has 1 aliphatic rings. The van der Waals surface area contributed by atoms with Crippen molar-refractivity contribution in [2.45, 2.75) is 19.3 Å². The lowest BCUT2D eigenvalue weighted by Gasteiger charge is -2.27. The predicted octanol–water partition coefficient (Wildman–Crippen LogP) is 0.977. The van der Waals surface area contributed by atoms with E-state index in [1.807, 2.05) is 0 Å². The molecule has 0 unspecified atom stereocenters. The van der Waals surface area contributed by atoms with E-state index in [1.165, 1.54) is 28.2 Å². The summed E-state index contributed by atoms with van der Waals surface area (Å²) in [5.41, 5.74) is 0. The Kier molecular flexibility index (Phi) is 2.73. The van der Waals surface area contributed by atoms with Crippen LogP contribution in [0.15, 0.2) is 18.7 Å². The van der Waals surface area contributed by atoms with E-state index in [9.17, 15) is 18.0 Å². The summed E-state index contributed by atoms with van der Waals surface area (Å²) in [6, 6.07) is -0.356. The second kappa shape index (κ2) is 4.32. The van der Waals surface area contributed by atoms with E-state index in [4.69, 9.17) is 0 Å². The van der Waals surface area contributed by atoms with Gasteiger partial charge in [0, 0.05) is 25.5 Å². The normalized spacial score (nSPS) is 15.2. The van der Waals surface area contributed by atoms with Crippen LogP contribution in [0.25, 0.3) is 0 Å². The predicted molar refractivity (Wildman–Crippen MR) is 58.5 cm³/mol. The smallest absolute Gasteiger partial charge is 0.315 e. The number of rotatable bonds is 0. The van der Waals surface area contributed by atoms with E-state index in [0.717, 1.165) is 4.57 Å². The molecule has 1 aliphatic heterocycles. The van der Waals surface area contributed by atoms with Crippen molar-refractivity contribution in [2.75, 3.05) is 6.54 Å². The number of nitrogens with zero attached hydrogens (tertiary/aromatic N) is 6. The number of alkyl halides is 3. The molecule has 0 aromatic carbocycles. The van der Waals surface area contributed by atoms with Gasteiger partial charge in [0.2, 0.25) is 5.82 Å².